The predicted molar refractivity (Wildman–Crippen MR) is 56.9 cm³/mol. The molecule has 0 aromatic heterocycles. The van der Waals surface area contributed by atoms with Crippen molar-refractivity contribution >= 4 is 17.9 Å². The highest BCUT2D eigenvalue weighted by atomic mass is 16.4. The van der Waals surface area contributed by atoms with Gasteiger partial charge in [-0.1, -0.05) is 0 Å². The molecule has 0 fully saturated rings. The molecule has 0 aliphatic heterocycles. The fourth-order valence-corrected chi connectivity index (χ4v) is 0.923. The topological polar surface area (TPSA) is 98.7 Å². The highest BCUT2D eigenvalue weighted by Crippen LogP contribution is 1.94. The van der Waals surface area contributed by atoms with Crippen LogP contribution in [0.4, 0.5) is 4.79 Å². The third-order valence-corrected chi connectivity index (χ3v) is 2.00. The normalized spacial score (nSPS) is 12.0. The molecule has 0 rings (SSSR count). The number of carboxylic acid groups (broad SMARTS) is 1. The van der Waals surface area contributed by atoms with Crippen LogP contribution >= 0.6 is 0 Å². The Morgan fingerprint density at radius 1 is 1.38 bits per heavy atom. The quantitative estimate of drug-likeness (QED) is 0.577. The summed E-state index contributed by atoms with van der Waals surface area (Å²) < 4.78 is 0. The molecule has 0 aliphatic carbocycles. The molecular formula is C9H17N3O4. The molecule has 0 radical (unpaired) electrons. The summed E-state index contributed by atoms with van der Waals surface area (Å²) in [4.78, 5) is 34.1. The maximum absolute atomic E-state index is 11.3. The van der Waals surface area contributed by atoms with Crippen LogP contribution in [0.25, 0.3) is 0 Å². The fourth-order valence-electron chi connectivity index (χ4n) is 0.923. The smallest absolute Gasteiger partial charge is 0.321 e. The van der Waals surface area contributed by atoms with Crippen molar-refractivity contribution in [1.82, 2.24) is 15.5 Å². The first kappa shape index (κ1) is 14.4. The number of urea groups is 1. The van der Waals surface area contributed by atoms with Crippen molar-refractivity contribution < 1.29 is 19.5 Å². The van der Waals surface area contributed by atoms with Gasteiger partial charge in [-0.15, -0.1) is 0 Å². The minimum absolute atomic E-state index is 0.148. The first-order valence-corrected chi connectivity index (χ1v) is 4.89. The Kier molecular flexibility index (Phi) is 6.09. The van der Waals surface area contributed by atoms with E-state index in [2.05, 4.69) is 10.6 Å². The van der Waals surface area contributed by atoms with Gasteiger partial charge in [-0.2, -0.15) is 0 Å². The van der Waals surface area contributed by atoms with Gasteiger partial charge in [-0.05, 0) is 20.9 Å². The number of amides is 3. The zero-order valence-electron chi connectivity index (χ0n) is 9.61. The second kappa shape index (κ2) is 6.78. The van der Waals surface area contributed by atoms with Gasteiger partial charge in [0.15, 0.2) is 0 Å². The molecule has 1 atom stereocenters. The third-order valence-electron chi connectivity index (χ3n) is 2.00. The van der Waals surface area contributed by atoms with E-state index in [-0.39, 0.29) is 6.54 Å². The Balaban J connectivity index is 4.05. The number of carbonyl (C=O) groups excluding carboxylic acids is 2. The number of likely N-dealkylation sites (N-methyl/N-ethyl adjacent to an activating group) is 1. The van der Waals surface area contributed by atoms with Gasteiger partial charge in [0.1, 0.15) is 6.04 Å². The monoisotopic (exact) mass is 231 g/mol. The summed E-state index contributed by atoms with van der Waals surface area (Å²) in [5.41, 5.74) is 0. The number of rotatable bonds is 5. The summed E-state index contributed by atoms with van der Waals surface area (Å²) in [5, 5.41) is 13.2. The summed E-state index contributed by atoms with van der Waals surface area (Å²) in [6.07, 6.45) is 0. The summed E-state index contributed by atoms with van der Waals surface area (Å²) in [6, 6.07) is -1.36. The molecule has 0 saturated heterocycles. The molecular weight excluding hydrogens is 214 g/mol. The van der Waals surface area contributed by atoms with Crippen LogP contribution in [0, 0.1) is 0 Å². The van der Waals surface area contributed by atoms with E-state index in [0.29, 0.717) is 6.54 Å². The lowest BCUT2D eigenvalue weighted by Crippen LogP contribution is -2.46. The van der Waals surface area contributed by atoms with Gasteiger partial charge in [-0.3, -0.25) is 19.8 Å². The first-order chi connectivity index (χ1) is 7.38. The SMILES string of the molecule is CCNC(=O)NC(=O)CN(C)C(C)C(=O)O. The molecule has 1 unspecified atom stereocenters. The van der Waals surface area contributed by atoms with Crippen molar-refractivity contribution in [3.63, 3.8) is 0 Å². The molecule has 7 nitrogen and oxygen atoms in total. The average Bonchev–Trinajstić information content (AvgIpc) is 2.16. The molecule has 0 aromatic carbocycles. The number of hydrogen-bond acceptors (Lipinski definition) is 4. The first-order valence-electron chi connectivity index (χ1n) is 4.89. The number of aliphatic carboxylic acids is 1. The van der Waals surface area contributed by atoms with E-state index in [1.54, 1.807) is 6.92 Å². The van der Waals surface area contributed by atoms with Crippen LogP contribution in [-0.4, -0.2) is 54.1 Å². The summed E-state index contributed by atoms with van der Waals surface area (Å²) in [5.74, 6) is -1.56. The fraction of sp³-hybridized carbons (Fsp3) is 0.667. The van der Waals surface area contributed by atoms with Gasteiger partial charge in [-0.25, -0.2) is 4.79 Å². The van der Waals surface area contributed by atoms with Crippen LogP contribution in [0.3, 0.4) is 0 Å². The molecule has 3 N–H and O–H groups in total. The molecule has 0 saturated carbocycles. The molecule has 0 aromatic rings. The minimum atomic E-state index is -1.02. The summed E-state index contributed by atoms with van der Waals surface area (Å²) in [6.45, 7) is 3.45. The van der Waals surface area contributed by atoms with Crippen LogP contribution in [0.15, 0.2) is 0 Å². The van der Waals surface area contributed by atoms with Crippen molar-refractivity contribution in [1.29, 1.82) is 0 Å². The minimum Gasteiger partial charge on any atom is -0.480 e. The van der Waals surface area contributed by atoms with Crippen molar-refractivity contribution in [3.8, 4) is 0 Å². The lowest BCUT2D eigenvalue weighted by molar-refractivity contribution is -0.142. The molecule has 0 bridgehead atoms. The van der Waals surface area contributed by atoms with Gasteiger partial charge >= 0.3 is 12.0 Å². The highest BCUT2D eigenvalue weighted by Gasteiger charge is 2.19. The summed E-state index contributed by atoms with van der Waals surface area (Å²) >= 11 is 0. The number of imide groups is 1. The maximum Gasteiger partial charge on any atom is 0.321 e. The number of hydrogen-bond donors (Lipinski definition) is 3. The summed E-state index contributed by atoms with van der Waals surface area (Å²) in [7, 11) is 1.50. The molecule has 0 aliphatic rings. The lowest BCUT2D eigenvalue weighted by Gasteiger charge is -2.19. The molecule has 92 valence electrons. The number of nitrogens with one attached hydrogen (secondary N) is 2. The second-order valence-electron chi connectivity index (χ2n) is 3.34. The number of carbonyl (C=O) groups is 3. The van der Waals surface area contributed by atoms with Gasteiger partial charge in [0.25, 0.3) is 0 Å². The van der Waals surface area contributed by atoms with Crippen LogP contribution < -0.4 is 10.6 Å². The maximum atomic E-state index is 11.3. The Labute approximate surface area is 93.8 Å². The van der Waals surface area contributed by atoms with Crippen LogP contribution in [0.5, 0.6) is 0 Å². The van der Waals surface area contributed by atoms with E-state index in [1.165, 1.54) is 18.9 Å². The van der Waals surface area contributed by atoms with E-state index >= 15 is 0 Å². The van der Waals surface area contributed by atoms with Crippen molar-refractivity contribution in [2.75, 3.05) is 20.1 Å². The van der Waals surface area contributed by atoms with Crippen molar-refractivity contribution in [2.45, 2.75) is 19.9 Å². The zero-order valence-corrected chi connectivity index (χ0v) is 9.61. The molecule has 16 heavy (non-hydrogen) atoms. The zero-order chi connectivity index (χ0) is 12.7. The molecule has 3 amide bonds. The number of carboxylic acids is 1. The van der Waals surface area contributed by atoms with Gasteiger partial charge < -0.3 is 10.4 Å². The Hall–Kier alpha value is -1.63. The van der Waals surface area contributed by atoms with Crippen LogP contribution in [0.1, 0.15) is 13.8 Å². The predicted octanol–water partition coefficient (Wildman–Crippen LogP) is -0.763. The van der Waals surface area contributed by atoms with E-state index in [0.717, 1.165) is 0 Å². The lowest BCUT2D eigenvalue weighted by atomic mass is 10.3. The standard InChI is InChI=1S/C9H17N3O4/c1-4-10-9(16)11-7(13)5-12(3)6(2)8(14)15/h6H,4-5H2,1-3H3,(H,14,15)(H2,10,11,13,16). The van der Waals surface area contributed by atoms with Crippen LogP contribution in [-0.2, 0) is 9.59 Å². The third kappa shape index (κ3) is 5.30. The molecule has 7 heteroatoms. The van der Waals surface area contributed by atoms with E-state index < -0.39 is 23.9 Å². The Bertz CT molecular complexity index is 280. The Morgan fingerprint density at radius 2 is 1.94 bits per heavy atom. The van der Waals surface area contributed by atoms with Crippen LogP contribution in [0.2, 0.25) is 0 Å². The Morgan fingerprint density at radius 3 is 2.38 bits per heavy atom. The van der Waals surface area contributed by atoms with Crippen molar-refractivity contribution in [3.05, 3.63) is 0 Å². The molecule has 0 heterocycles. The number of nitrogens with zero attached hydrogens (tertiary/aromatic N) is 1. The van der Waals surface area contributed by atoms with Gasteiger partial charge in [0.05, 0.1) is 6.54 Å². The molecule has 0 spiro atoms. The van der Waals surface area contributed by atoms with E-state index in [9.17, 15) is 14.4 Å². The van der Waals surface area contributed by atoms with E-state index in [1.807, 2.05) is 0 Å². The second-order valence-corrected chi connectivity index (χ2v) is 3.34. The largest absolute Gasteiger partial charge is 0.480 e. The van der Waals surface area contributed by atoms with Gasteiger partial charge in [0, 0.05) is 6.54 Å². The van der Waals surface area contributed by atoms with Gasteiger partial charge in [0.2, 0.25) is 5.91 Å². The average molecular weight is 231 g/mol. The van der Waals surface area contributed by atoms with Crippen molar-refractivity contribution in [2.24, 2.45) is 0 Å². The highest BCUT2D eigenvalue weighted by molar-refractivity contribution is 5.95. The van der Waals surface area contributed by atoms with E-state index in [4.69, 9.17) is 5.11 Å².